The molecule has 0 atom stereocenters. The van der Waals surface area contributed by atoms with Crippen LogP contribution in [0.3, 0.4) is 0 Å². The summed E-state index contributed by atoms with van der Waals surface area (Å²) >= 11 is 5.91. The fourth-order valence-electron chi connectivity index (χ4n) is 2.24. The van der Waals surface area contributed by atoms with Gasteiger partial charge in [0.15, 0.2) is 0 Å². The largest absolute Gasteiger partial charge is 0.492 e. The summed E-state index contributed by atoms with van der Waals surface area (Å²) < 4.78 is 7.12. The molecule has 0 fully saturated rings. The van der Waals surface area contributed by atoms with Gasteiger partial charge in [0.05, 0.1) is 12.2 Å². The van der Waals surface area contributed by atoms with E-state index in [0.717, 1.165) is 5.69 Å². The number of rotatable bonds is 6. The Morgan fingerprint density at radius 2 is 2.08 bits per heavy atom. The maximum atomic E-state index is 12.6. The van der Waals surface area contributed by atoms with Gasteiger partial charge < -0.3 is 9.64 Å². The number of halogens is 1. The molecule has 0 spiro atoms. The zero-order chi connectivity index (χ0) is 17.6. The van der Waals surface area contributed by atoms with E-state index >= 15 is 0 Å². The van der Waals surface area contributed by atoms with Crippen LogP contribution in [0.15, 0.2) is 54.9 Å². The molecule has 0 saturated carbocycles. The SMILES string of the molecule is CN(CCOc1cccc(Cl)c1)C(=O)c1cccc(-n2cnnn2)c1. The molecule has 128 valence electrons. The van der Waals surface area contributed by atoms with E-state index in [1.807, 2.05) is 18.2 Å². The van der Waals surface area contributed by atoms with Crippen molar-refractivity contribution >= 4 is 17.5 Å². The van der Waals surface area contributed by atoms with Gasteiger partial charge >= 0.3 is 0 Å². The van der Waals surface area contributed by atoms with E-state index in [4.69, 9.17) is 16.3 Å². The van der Waals surface area contributed by atoms with Crippen molar-refractivity contribution in [3.05, 3.63) is 65.4 Å². The molecular formula is C17H16ClN5O2. The summed E-state index contributed by atoms with van der Waals surface area (Å²) in [6, 6.07) is 14.3. The molecule has 8 heteroatoms. The lowest BCUT2D eigenvalue weighted by Crippen LogP contribution is -2.30. The first-order valence-electron chi connectivity index (χ1n) is 7.61. The summed E-state index contributed by atoms with van der Waals surface area (Å²) in [5.41, 5.74) is 1.28. The maximum Gasteiger partial charge on any atom is 0.253 e. The molecule has 1 aromatic heterocycles. The number of carbonyl (C=O) groups excluding carboxylic acids is 1. The minimum atomic E-state index is -0.107. The Morgan fingerprint density at radius 1 is 1.24 bits per heavy atom. The molecule has 3 aromatic rings. The third-order valence-corrected chi connectivity index (χ3v) is 3.78. The van der Waals surface area contributed by atoms with Crippen molar-refractivity contribution in [3.63, 3.8) is 0 Å². The van der Waals surface area contributed by atoms with Crippen molar-refractivity contribution in [2.75, 3.05) is 20.2 Å². The van der Waals surface area contributed by atoms with E-state index in [1.165, 1.54) is 11.0 Å². The molecule has 2 aromatic carbocycles. The van der Waals surface area contributed by atoms with Crippen LogP contribution < -0.4 is 4.74 Å². The molecule has 0 aliphatic heterocycles. The molecule has 0 bridgehead atoms. The molecule has 0 N–H and O–H groups in total. The Balaban J connectivity index is 1.60. The lowest BCUT2D eigenvalue weighted by atomic mass is 10.2. The standard InChI is InChI=1S/C17H16ClN5O2/c1-22(8-9-25-16-7-3-5-14(18)11-16)17(24)13-4-2-6-15(10-13)23-12-19-20-21-23/h2-7,10-12H,8-9H2,1H3. The minimum Gasteiger partial charge on any atom is -0.492 e. The number of hydrogen-bond donors (Lipinski definition) is 0. The number of ether oxygens (including phenoxy) is 1. The second-order valence-corrected chi connectivity index (χ2v) is 5.77. The number of likely N-dealkylation sites (N-methyl/N-ethyl adjacent to an activating group) is 1. The van der Waals surface area contributed by atoms with Gasteiger partial charge in [-0.1, -0.05) is 23.7 Å². The molecule has 25 heavy (non-hydrogen) atoms. The average Bonchev–Trinajstić information content (AvgIpc) is 3.16. The highest BCUT2D eigenvalue weighted by Gasteiger charge is 2.13. The smallest absolute Gasteiger partial charge is 0.253 e. The number of carbonyl (C=O) groups is 1. The Bertz CT molecular complexity index is 854. The summed E-state index contributed by atoms with van der Waals surface area (Å²) in [6.45, 7) is 0.815. The summed E-state index contributed by atoms with van der Waals surface area (Å²) in [7, 11) is 1.73. The average molecular weight is 358 g/mol. The fraction of sp³-hybridized carbons (Fsp3) is 0.176. The quantitative estimate of drug-likeness (QED) is 0.677. The molecular weight excluding hydrogens is 342 g/mol. The van der Waals surface area contributed by atoms with Gasteiger partial charge in [-0.25, -0.2) is 4.68 Å². The molecule has 0 saturated heterocycles. The van der Waals surface area contributed by atoms with E-state index in [2.05, 4.69) is 15.5 Å². The monoisotopic (exact) mass is 357 g/mol. The molecule has 0 radical (unpaired) electrons. The minimum absolute atomic E-state index is 0.107. The number of tetrazole rings is 1. The van der Waals surface area contributed by atoms with Gasteiger partial charge in [-0.05, 0) is 46.8 Å². The number of aromatic nitrogens is 4. The van der Waals surface area contributed by atoms with Gasteiger partial charge in [-0.2, -0.15) is 0 Å². The van der Waals surface area contributed by atoms with Crippen LogP contribution in [0.25, 0.3) is 5.69 Å². The van der Waals surface area contributed by atoms with Crippen LogP contribution in [-0.4, -0.2) is 51.2 Å². The Labute approximate surface area is 149 Å². The molecule has 7 nitrogen and oxygen atoms in total. The van der Waals surface area contributed by atoms with E-state index in [9.17, 15) is 4.79 Å². The van der Waals surface area contributed by atoms with Crippen LogP contribution in [0.5, 0.6) is 5.75 Å². The van der Waals surface area contributed by atoms with Crippen molar-refractivity contribution in [1.29, 1.82) is 0 Å². The highest BCUT2D eigenvalue weighted by Crippen LogP contribution is 2.17. The van der Waals surface area contributed by atoms with Gasteiger partial charge in [0.25, 0.3) is 5.91 Å². The number of hydrogen-bond acceptors (Lipinski definition) is 5. The zero-order valence-electron chi connectivity index (χ0n) is 13.5. The first-order chi connectivity index (χ1) is 12.1. The number of nitrogens with zero attached hydrogens (tertiary/aromatic N) is 5. The van der Waals surface area contributed by atoms with Crippen LogP contribution in [0.1, 0.15) is 10.4 Å². The van der Waals surface area contributed by atoms with Crippen molar-refractivity contribution < 1.29 is 9.53 Å². The van der Waals surface area contributed by atoms with Crippen LogP contribution >= 0.6 is 11.6 Å². The molecule has 1 amide bonds. The van der Waals surface area contributed by atoms with Crippen LogP contribution in [0, 0.1) is 0 Å². The van der Waals surface area contributed by atoms with E-state index in [0.29, 0.717) is 29.5 Å². The molecule has 3 rings (SSSR count). The third-order valence-electron chi connectivity index (χ3n) is 3.54. The fourth-order valence-corrected chi connectivity index (χ4v) is 2.42. The van der Waals surface area contributed by atoms with Crippen LogP contribution in [0.2, 0.25) is 5.02 Å². The molecule has 0 aliphatic carbocycles. The van der Waals surface area contributed by atoms with Crippen molar-refractivity contribution in [2.45, 2.75) is 0 Å². The Kier molecular flexibility index (Phi) is 5.25. The summed E-state index contributed by atoms with van der Waals surface area (Å²) in [6.07, 6.45) is 1.48. The van der Waals surface area contributed by atoms with E-state index < -0.39 is 0 Å². The Hall–Kier alpha value is -2.93. The molecule has 0 unspecified atom stereocenters. The molecule has 1 heterocycles. The Morgan fingerprint density at radius 3 is 2.84 bits per heavy atom. The van der Waals surface area contributed by atoms with Crippen molar-refractivity contribution in [1.82, 2.24) is 25.1 Å². The number of amides is 1. The van der Waals surface area contributed by atoms with Gasteiger partial charge in [0.1, 0.15) is 18.7 Å². The lowest BCUT2D eigenvalue weighted by Gasteiger charge is -2.18. The zero-order valence-corrected chi connectivity index (χ0v) is 14.3. The van der Waals surface area contributed by atoms with E-state index in [-0.39, 0.29) is 5.91 Å². The second-order valence-electron chi connectivity index (χ2n) is 5.34. The first-order valence-corrected chi connectivity index (χ1v) is 7.98. The van der Waals surface area contributed by atoms with Crippen molar-refractivity contribution in [3.8, 4) is 11.4 Å². The van der Waals surface area contributed by atoms with Gasteiger partial charge in [0.2, 0.25) is 0 Å². The van der Waals surface area contributed by atoms with Gasteiger partial charge in [-0.3, -0.25) is 4.79 Å². The van der Waals surface area contributed by atoms with Crippen LogP contribution in [0.4, 0.5) is 0 Å². The van der Waals surface area contributed by atoms with Crippen molar-refractivity contribution in [2.24, 2.45) is 0 Å². The highest BCUT2D eigenvalue weighted by atomic mass is 35.5. The second kappa shape index (κ2) is 7.76. The van der Waals surface area contributed by atoms with Crippen LogP contribution in [-0.2, 0) is 0 Å². The lowest BCUT2D eigenvalue weighted by molar-refractivity contribution is 0.0773. The summed E-state index contributed by atoms with van der Waals surface area (Å²) in [5, 5.41) is 11.6. The summed E-state index contributed by atoms with van der Waals surface area (Å²) in [5.74, 6) is 0.568. The normalized spacial score (nSPS) is 10.5. The topological polar surface area (TPSA) is 73.1 Å². The first kappa shape index (κ1) is 16.9. The molecule has 0 aliphatic rings. The predicted molar refractivity (Wildman–Crippen MR) is 93.1 cm³/mol. The number of benzene rings is 2. The van der Waals surface area contributed by atoms with Gasteiger partial charge in [0, 0.05) is 17.6 Å². The van der Waals surface area contributed by atoms with Gasteiger partial charge in [-0.15, -0.1) is 5.10 Å². The summed E-state index contributed by atoms with van der Waals surface area (Å²) in [4.78, 5) is 14.2. The van der Waals surface area contributed by atoms with E-state index in [1.54, 1.807) is 42.3 Å². The highest BCUT2D eigenvalue weighted by molar-refractivity contribution is 6.30. The third kappa shape index (κ3) is 4.33. The predicted octanol–water partition coefficient (Wildman–Crippen LogP) is 2.47. The maximum absolute atomic E-state index is 12.6.